The van der Waals surface area contributed by atoms with Crippen LogP contribution >= 0.6 is 0 Å². The van der Waals surface area contributed by atoms with E-state index < -0.39 is 6.10 Å². The van der Waals surface area contributed by atoms with Gasteiger partial charge in [-0.1, -0.05) is 26.8 Å². The number of rotatable bonds is 6. The zero-order valence-corrected chi connectivity index (χ0v) is 13.5. The lowest BCUT2D eigenvalue weighted by molar-refractivity contribution is -0.129. The number of aryl methyl sites for hydroxylation is 2. The SMILES string of the molecule is CC[C@@H](Oc1ccc(C)c(C)c1)C(=O)N[C@H](C)C(C)C. The molecule has 20 heavy (non-hydrogen) atoms. The molecule has 3 heteroatoms. The number of amides is 1. The largest absolute Gasteiger partial charge is 0.481 e. The van der Waals surface area contributed by atoms with Crippen LogP contribution in [0.4, 0.5) is 0 Å². The van der Waals surface area contributed by atoms with E-state index in [1.54, 1.807) is 0 Å². The maximum absolute atomic E-state index is 12.2. The summed E-state index contributed by atoms with van der Waals surface area (Å²) in [5, 5.41) is 3.01. The maximum atomic E-state index is 12.2. The number of hydrogen-bond donors (Lipinski definition) is 1. The Kier molecular flexibility index (Phi) is 6.05. The van der Waals surface area contributed by atoms with Gasteiger partial charge in [0.2, 0.25) is 0 Å². The molecule has 112 valence electrons. The molecule has 2 atom stereocenters. The summed E-state index contributed by atoms with van der Waals surface area (Å²) in [5.74, 6) is 1.14. The molecular formula is C17H27NO2. The smallest absolute Gasteiger partial charge is 0.261 e. The lowest BCUT2D eigenvalue weighted by Crippen LogP contribution is -2.44. The molecule has 0 unspecified atom stereocenters. The van der Waals surface area contributed by atoms with E-state index in [9.17, 15) is 4.79 Å². The lowest BCUT2D eigenvalue weighted by atomic mass is 10.1. The van der Waals surface area contributed by atoms with Gasteiger partial charge in [-0.15, -0.1) is 0 Å². The summed E-state index contributed by atoms with van der Waals surface area (Å²) in [6.07, 6.45) is 0.224. The van der Waals surface area contributed by atoms with Crippen LogP contribution in [0.25, 0.3) is 0 Å². The summed E-state index contributed by atoms with van der Waals surface area (Å²) in [5.41, 5.74) is 2.40. The Morgan fingerprint density at radius 3 is 2.35 bits per heavy atom. The van der Waals surface area contributed by atoms with Crippen LogP contribution in [0.1, 0.15) is 45.2 Å². The van der Waals surface area contributed by atoms with E-state index in [2.05, 4.69) is 26.1 Å². The van der Waals surface area contributed by atoms with Crippen molar-refractivity contribution < 1.29 is 9.53 Å². The summed E-state index contributed by atoms with van der Waals surface area (Å²) >= 11 is 0. The minimum Gasteiger partial charge on any atom is -0.481 e. The molecule has 1 N–H and O–H groups in total. The van der Waals surface area contributed by atoms with Crippen molar-refractivity contribution in [3.05, 3.63) is 29.3 Å². The van der Waals surface area contributed by atoms with E-state index in [0.29, 0.717) is 12.3 Å². The quantitative estimate of drug-likeness (QED) is 0.862. The molecule has 0 spiro atoms. The van der Waals surface area contributed by atoms with Crippen molar-refractivity contribution >= 4 is 5.91 Å². The van der Waals surface area contributed by atoms with Crippen LogP contribution in [-0.2, 0) is 4.79 Å². The molecule has 1 rings (SSSR count). The molecule has 0 saturated heterocycles. The Hall–Kier alpha value is -1.51. The number of carbonyl (C=O) groups is 1. The van der Waals surface area contributed by atoms with Gasteiger partial charge in [-0.25, -0.2) is 0 Å². The zero-order chi connectivity index (χ0) is 15.3. The summed E-state index contributed by atoms with van der Waals surface area (Å²) < 4.78 is 5.83. The third-order valence-corrected chi connectivity index (χ3v) is 3.79. The molecule has 3 nitrogen and oxygen atoms in total. The monoisotopic (exact) mass is 277 g/mol. The van der Waals surface area contributed by atoms with Crippen LogP contribution in [0.15, 0.2) is 18.2 Å². The molecule has 1 aromatic rings. The second-order valence-corrected chi connectivity index (χ2v) is 5.80. The number of nitrogens with one attached hydrogen (secondary N) is 1. The topological polar surface area (TPSA) is 38.3 Å². The Bertz CT molecular complexity index is 454. The minimum atomic E-state index is -0.432. The van der Waals surface area contributed by atoms with Crippen LogP contribution < -0.4 is 10.1 Å². The summed E-state index contributed by atoms with van der Waals surface area (Å²) in [7, 11) is 0. The van der Waals surface area contributed by atoms with E-state index >= 15 is 0 Å². The molecule has 0 heterocycles. The predicted molar refractivity (Wildman–Crippen MR) is 83.1 cm³/mol. The normalized spacial score (nSPS) is 13.9. The molecule has 0 aliphatic rings. The highest BCUT2D eigenvalue weighted by atomic mass is 16.5. The third kappa shape index (κ3) is 4.55. The summed E-state index contributed by atoms with van der Waals surface area (Å²) in [4.78, 5) is 12.2. The van der Waals surface area contributed by atoms with Crippen LogP contribution in [-0.4, -0.2) is 18.1 Å². The molecule has 1 aromatic carbocycles. The highest BCUT2D eigenvalue weighted by Gasteiger charge is 2.21. The van der Waals surface area contributed by atoms with Gasteiger partial charge in [-0.2, -0.15) is 0 Å². The number of carbonyl (C=O) groups excluding carboxylic acids is 1. The van der Waals surface area contributed by atoms with Crippen molar-refractivity contribution in [3.63, 3.8) is 0 Å². The lowest BCUT2D eigenvalue weighted by Gasteiger charge is -2.22. The van der Waals surface area contributed by atoms with Gasteiger partial charge in [0, 0.05) is 6.04 Å². The van der Waals surface area contributed by atoms with Gasteiger partial charge in [-0.05, 0) is 56.4 Å². The Balaban J connectivity index is 2.71. The number of hydrogen-bond acceptors (Lipinski definition) is 2. The van der Waals surface area contributed by atoms with Gasteiger partial charge in [0.25, 0.3) is 5.91 Å². The van der Waals surface area contributed by atoms with Gasteiger partial charge in [0.05, 0.1) is 0 Å². The Labute approximate surface area is 122 Å². The first-order valence-corrected chi connectivity index (χ1v) is 7.39. The standard InChI is InChI=1S/C17H27NO2/c1-7-16(17(19)18-14(6)11(2)3)20-15-9-8-12(4)13(5)10-15/h8-11,14,16H,7H2,1-6H3,(H,18,19)/t14-,16-/m1/s1. The van der Waals surface area contributed by atoms with Crippen molar-refractivity contribution in [2.75, 3.05) is 0 Å². The first kappa shape index (κ1) is 16.5. The average molecular weight is 277 g/mol. The highest BCUT2D eigenvalue weighted by molar-refractivity contribution is 5.81. The van der Waals surface area contributed by atoms with Crippen LogP contribution in [0.3, 0.4) is 0 Å². The highest BCUT2D eigenvalue weighted by Crippen LogP contribution is 2.18. The average Bonchev–Trinajstić information content (AvgIpc) is 2.39. The van der Waals surface area contributed by atoms with E-state index in [0.717, 1.165) is 5.75 Å². The fraction of sp³-hybridized carbons (Fsp3) is 0.588. The van der Waals surface area contributed by atoms with E-state index in [1.165, 1.54) is 11.1 Å². The van der Waals surface area contributed by atoms with Crippen molar-refractivity contribution in [2.45, 2.75) is 60.1 Å². The van der Waals surface area contributed by atoms with E-state index in [4.69, 9.17) is 4.74 Å². The number of benzene rings is 1. The van der Waals surface area contributed by atoms with Crippen molar-refractivity contribution in [2.24, 2.45) is 5.92 Å². The second kappa shape index (κ2) is 7.32. The van der Waals surface area contributed by atoms with E-state index in [-0.39, 0.29) is 11.9 Å². The van der Waals surface area contributed by atoms with Gasteiger partial charge >= 0.3 is 0 Å². The molecule has 0 radical (unpaired) electrons. The summed E-state index contributed by atoms with van der Waals surface area (Å²) in [6, 6.07) is 6.08. The van der Waals surface area contributed by atoms with Gasteiger partial charge in [0.15, 0.2) is 6.10 Å². The zero-order valence-electron chi connectivity index (χ0n) is 13.5. The van der Waals surface area contributed by atoms with Gasteiger partial charge in [0.1, 0.15) is 5.75 Å². The first-order chi connectivity index (χ1) is 9.35. The first-order valence-electron chi connectivity index (χ1n) is 7.39. The Morgan fingerprint density at radius 2 is 1.85 bits per heavy atom. The third-order valence-electron chi connectivity index (χ3n) is 3.79. The summed E-state index contributed by atoms with van der Waals surface area (Å²) in [6.45, 7) is 12.3. The minimum absolute atomic E-state index is 0.0353. The van der Waals surface area contributed by atoms with Crippen LogP contribution in [0.2, 0.25) is 0 Å². The fourth-order valence-corrected chi connectivity index (χ4v) is 1.76. The molecule has 0 aromatic heterocycles. The Morgan fingerprint density at radius 1 is 1.20 bits per heavy atom. The molecule has 0 aliphatic heterocycles. The number of ether oxygens (including phenoxy) is 1. The fourth-order valence-electron chi connectivity index (χ4n) is 1.76. The second-order valence-electron chi connectivity index (χ2n) is 5.80. The van der Waals surface area contributed by atoms with Crippen LogP contribution in [0.5, 0.6) is 5.75 Å². The van der Waals surface area contributed by atoms with Gasteiger partial charge < -0.3 is 10.1 Å². The van der Waals surface area contributed by atoms with Crippen molar-refractivity contribution in [3.8, 4) is 5.75 Å². The van der Waals surface area contributed by atoms with Crippen LogP contribution in [0, 0.1) is 19.8 Å². The van der Waals surface area contributed by atoms with E-state index in [1.807, 2.05) is 39.0 Å². The van der Waals surface area contributed by atoms with Crippen molar-refractivity contribution in [1.29, 1.82) is 0 Å². The molecular weight excluding hydrogens is 250 g/mol. The molecule has 0 bridgehead atoms. The van der Waals surface area contributed by atoms with Crippen molar-refractivity contribution in [1.82, 2.24) is 5.32 Å². The molecule has 0 aliphatic carbocycles. The maximum Gasteiger partial charge on any atom is 0.261 e. The molecule has 0 fully saturated rings. The van der Waals surface area contributed by atoms with Gasteiger partial charge in [-0.3, -0.25) is 4.79 Å². The predicted octanol–water partition coefficient (Wildman–Crippen LogP) is 3.62. The molecule has 1 amide bonds. The molecule has 0 saturated carbocycles.